The fourth-order valence-corrected chi connectivity index (χ4v) is 6.91. The molecule has 2 aromatic rings. The molecule has 0 bridgehead atoms. The van der Waals surface area contributed by atoms with Crippen LogP contribution in [0.4, 0.5) is 5.69 Å². The minimum absolute atomic E-state index is 0.0867. The van der Waals surface area contributed by atoms with Gasteiger partial charge < -0.3 is 29.1 Å². The van der Waals surface area contributed by atoms with Gasteiger partial charge in [0.25, 0.3) is 5.91 Å². The average molecular weight is 563 g/mol. The summed E-state index contributed by atoms with van der Waals surface area (Å²) in [4.78, 5) is 43.3. The minimum atomic E-state index is -1.06. The zero-order chi connectivity index (χ0) is 29.1. The number of hydrogen-bond donors (Lipinski definition) is 1. The van der Waals surface area contributed by atoms with Gasteiger partial charge in [0.15, 0.2) is 11.5 Å². The maximum Gasteiger partial charge on any atom is 0.308 e. The van der Waals surface area contributed by atoms with Crippen molar-refractivity contribution in [2.24, 2.45) is 11.3 Å². The Morgan fingerprint density at radius 1 is 1.10 bits per heavy atom. The molecule has 1 saturated heterocycles. The smallest absolute Gasteiger partial charge is 0.308 e. The first kappa shape index (κ1) is 27.6. The van der Waals surface area contributed by atoms with Gasteiger partial charge in [-0.1, -0.05) is 50.6 Å². The summed E-state index contributed by atoms with van der Waals surface area (Å²) in [7, 11) is 0. The fraction of sp³-hybridized carbons (Fsp3) is 0.531. The summed E-state index contributed by atoms with van der Waals surface area (Å²) < 4.78 is 18.3. The Morgan fingerprint density at radius 2 is 1.90 bits per heavy atom. The lowest BCUT2D eigenvalue weighted by Gasteiger charge is -2.45. The molecule has 41 heavy (non-hydrogen) atoms. The first-order chi connectivity index (χ1) is 19.5. The predicted molar refractivity (Wildman–Crippen MR) is 151 cm³/mol. The van der Waals surface area contributed by atoms with Crippen molar-refractivity contribution >= 4 is 23.5 Å². The quantitative estimate of drug-likeness (QED) is 0.580. The predicted octanol–water partition coefficient (Wildman–Crippen LogP) is 4.62. The van der Waals surface area contributed by atoms with Crippen LogP contribution in [0.1, 0.15) is 74.8 Å². The number of hydrogen-bond acceptors (Lipinski definition) is 6. The standard InChI is InChI=1S/C32H38N2O7/c1-18-13-19-10-11-25(32(2,3)4)34-27(19)22(14-18)28(21-8-5-9-23-29(21)40-17-39-23)41-24(30(34)36)15-26(35)33-12-6-7-20(16-33)31(37)38/h5,8-9,13-14,20,24-25,28H,6-7,10-12,15-17H2,1-4H3,(H,37,38)/t20-,24-,25-,28-/m1/s1. The van der Waals surface area contributed by atoms with E-state index in [0.717, 1.165) is 40.8 Å². The van der Waals surface area contributed by atoms with Crippen molar-refractivity contribution < 1.29 is 33.7 Å². The topological polar surface area (TPSA) is 106 Å². The molecule has 4 aliphatic heterocycles. The molecule has 9 nitrogen and oxygen atoms in total. The summed E-state index contributed by atoms with van der Waals surface area (Å²) in [5, 5.41) is 9.56. The van der Waals surface area contributed by atoms with Gasteiger partial charge in [-0.3, -0.25) is 14.4 Å². The largest absolute Gasteiger partial charge is 0.481 e. The highest BCUT2D eigenvalue weighted by Crippen LogP contribution is 2.50. The highest BCUT2D eigenvalue weighted by Gasteiger charge is 2.47. The Hall–Kier alpha value is -3.59. The number of amides is 2. The highest BCUT2D eigenvalue weighted by atomic mass is 16.7. The van der Waals surface area contributed by atoms with Gasteiger partial charge in [0, 0.05) is 30.3 Å². The third-order valence-corrected chi connectivity index (χ3v) is 8.89. The SMILES string of the molecule is Cc1cc2c3c(c1)[C@@H](c1cccc4c1OCO4)O[C@H](CC(=O)N1CCC[C@@H](C(=O)O)C1)C(=O)N3[C@@H](C(C)(C)C)CC2. The lowest BCUT2D eigenvalue weighted by atomic mass is 9.77. The number of carboxylic acids is 1. The zero-order valence-electron chi connectivity index (χ0n) is 24.1. The van der Waals surface area contributed by atoms with E-state index in [1.54, 1.807) is 4.90 Å². The molecule has 2 aromatic carbocycles. The third kappa shape index (κ3) is 4.94. The monoisotopic (exact) mass is 562 g/mol. The van der Waals surface area contributed by atoms with Crippen LogP contribution in [-0.2, 0) is 25.5 Å². The van der Waals surface area contributed by atoms with Gasteiger partial charge >= 0.3 is 5.97 Å². The number of aliphatic carboxylic acids is 1. The van der Waals surface area contributed by atoms with Crippen molar-refractivity contribution in [2.45, 2.75) is 78.0 Å². The molecule has 4 aliphatic rings. The lowest BCUT2D eigenvalue weighted by molar-refractivity contribution is -0.149. The second kappa shape index (κ2) is 10.4. The molecule has 4 heterocycles. The van der Waals surface area contributed by atoms with E-state index in [1.165, 1.54) is 0 Å². The summed E-state index contributed by atoms with van der Waals surface area (Å²) >= 11 is 0. The van der Waals surface area contributed by atoms with E-state index in [1.807, 2.05) is 30.0 Å². The summed E-state index contributed by atoms with van der Waals surface area (Å²) in [6.45, 7) is 9.19. The number of likely N-dealkylation sites (tertiary alicyclic amines) is 1. The summed E-state index contributed by atoms with van der Waals surface area (Å²) in [5.41, 5.74) is 4.45. The number of benzene rings is 2. The zero-order valence-corrected chi connectivity index (χ0v) is 24.1. The lowest BCUT2D eigenvalue weighted by Crippen LogP contribution is -2.54. The molecular formula is C32H38N2O7. The Balaban J connectivity index is 1.45. The number of carbonyl (C=O) groups excluding carboxylic acids is 2. The highest BCUT2D eigenvalue weighted by molar-refractivity contribution is 6.02. The van der Waals surface area contributed by atoms with Crippen LogP contribution < -0.4 is 14.4 Å². The Labute approximate surface area is 240 Å². The first-order valence-corrected chi connectivity index (χ1v) is 14.5. The second-order valence-corrected chi connectivity index (χ2v) is 12.8. The number of fused-ring (bicyclic) bond motifs is 1. The number of carboxylic acid groups (broad SMARTS) is 1. The molecule has 4 atom stereocenters. The van der Waals surface area contributed by atoms with Crippen LogP contribution in [-0.4, -0.2) is 59.8 Å². The van der Waals surface area contributed by atoms with E-state index in [0.29, 0.717) is 30.9 Å². The number of piperidine rings is 1. The molecule has 0 aliphatic carbocycles. The molecule has 0 saturated carbocycles. The molecule has 9 heteroatoms. The maximum absolute atomic E-state index is 14.5. The number of aryl methyl sites for hydroxylation is 2. The van der Waals surface area contributed by atoms with Crippen molar-refractivity contribution in [3.63, 3.8) is 0 Å². The Morgan fingerprint density at radius 3 is 2.66 bits per heavy atom. The van der Waals surface area contributed by atoms with E-state index >= 15 is 0 Å². The van der Waals surface area contributed by atoms with Crippen molar-refractivity contribution in [3.05, 3.63) is 52.6 Å². The second-order valence-electron chi connectivity index (χ2n) is 12.8. The normalized spacial score (nSPS) is 25.5. The van der Waals surface area contributed by atoms with Crippen LogP contribution in [0.5, 0.6) is 11.5 Å². The number of rotatable bonds is 4. The van der Waals surface area contributed by atoms with E-state index in [9.17, 15) is 19.5 Å². The number of para-hydroxylation sites is 1. The van der Waals surface area contributed by atoms with Crippen LogP contribution in [0.2, 0.25) is 0 Å². The summed E-state index contributed by atoms with van der Waals surface area (Å²) in [5.74, 6) is -0.793. The van der Waals surface area contributed by atoms with Gasteiger partial charge in [-0.25, -0.2) is 0 Å². The molecule has 0 spiro atoms. The van der Waals surface area contributed by atoms with Crippen LogP contribution in [0, 0.1) is 18.3 Å². The first-order valence-electron chi connectivity index (χ1n) is 14.5. The minimum Gasteiger partial charge on any atom is -0.481 e. The van der Waals surface area contributed by atoms with Crippen LogP contribution in [0.15, 0.2) is 30.3 Å². The van der Waals surface area contributed by atoms with Crippen LogP contribution >= 0.6 is 0 Å². The van der Waals surface area contributed by atoms with Gasteiger partial charge in [0.1, 0.15) is 12.2 Å². The maximum atomic E-state index is 14.5. The number of ether oxygens (including phenoxy) is 3. The number of carbonyl (C=O) groups is 3. The molecule has 2 amide bonds. The van der Waals surface area contributed by atoms with E-state index in [4.69, 9.17) is 14.2 Å². The van der Waals surface area contributed by atoms with E-state index in [-0.39, 0.29) is 43.0 Å². The van der Waals surface area contributed by atoms with Crippen molar-refractivity contribution in [1.82, 2.24) is 4.90 Å². The van der Waals surface area contributed by atoms with E-state index in [2.05, 4.69) is 32.9 Å². The van der Waals surface area contributed by atoms with Gasteiger partial charge in [0.2, 0.25) is 12.7 Å². The summed E-state index contributed by atoms with van der Waals surface area (Å²) in [6, 6.07) is 9.80. The van der Waals surface area contributed by atoms with Crippen molar-refractivity contribution in [3.8, 4) is 11.5 Å². The number of nitrogens with zero attached hydrogens (tertiary/aromatic N) is 2. The molecule has 1 fully saturated rings. The molecular weight excluding hydrogens is 524 g/mol. The van der Waals surface area contributed by atoms with Gasteiger partial charge in [-0.2, -0.15) is 0 Å². The molecule has 0 unspecified atom stereocenters. The van der Waals surface area contributed by atoms with E-state index < -0.39 is 24.1 Å². The molecule has 0 aromatic heterocycles. The van der Waals surface area contributed by atoms with Crippen LogP contribution in [0.3, 0.4) is 0 Å². The molecule has 0 radical (unpaired) electrons. The third-order valence-electron chi connectivity index (χ3n) is 8.89. The number of anilines is 1. The van der Waals surface area contributed by atoms with Crippen LogP contribution in [0.25, 0.3) is 0 Å². The Kier molecular flexibility index (Phi) is 6.96. The molecule has 6 rings (SSSR count). The van der Waals surface area contributed by atoms with Gasteiger partial charge in [-0.05, 0) is 49.7 Å². The summed E-state index contributed by atoms with van der Waals surface area (Å²) in [6.07, 6.45) is 0.913. The van der Waals surface area contributed by atoms with Gasteiger partial charge in [-0.15, -0.1) is 0 Å². The van der Waals surface area contributed by atoms with Crippen molar-refractivity contribution in [1.29, 1.82) is 0 Å². The fourth-order valence-electron chi connectivity index (χ4n) is 6.91. The Bertz CT molecular complexity index is 1400. The van der Waals surface area contributed by atoms with Gasteiger partial charge in [0.05, 0.1) is 18.0 Å². The van der Waals surface area contributed by atoms with Crippen molar-refractivity contribution in [2.75, 3.05) is 24.8 Å². The molecule has 218 valence electrons. The molecule has 1 N–H and O–H groups in total. The average Bonchev–Trinajstić information content (AvgIpc) is 3.38.